The van der Waals surface area contributed by atoms with E-state index in [2.05, 4.69) is 4.72 Å². The van der Waals surface area contributed by atoms with Crippen LogP contribution in [0.25, 0.3) is 0 Å². The molecule has 0 unspecified atom stereocenters. The summed E-state index contributed by atoms with van der Waals surface area (Å²) in [6.07, 6.45) is 1.43. The number of hydrogen-bond donors (Lipinski definition) is 2. The van der Waals surface area contributed by atoms with Gasteiger partial charge in [-0.3, -0.25) is 0 Å². The topological polar surface area (TPSA) is 81.4 Å². The summed E-state index contributed by atoms with van der Waals surface area (Å²) in [6.45, 7) is 4.01. The Morgan fingerprint density at radius 1 is 1.45 bits per heavy atom. The molecular formula is C13H19FN2O3S. The van der Waals surface area contributed by atoms with Gasteiger partial charge in [-0.2, -0.15) is 0 Å². The molecule has 0 heterocycles. The van der Waals surface area contributed by atoms with E-state index in [0.29, 0.717) is 19.4 Å². The Kier molecular flexibility index (Phi) is 4.31. The molecule has 0 radical (unpaired) electrons. The SMILES string of the molecule is CCOC1CC(NS(=O)(=O)c2cc(C)c(F)c(N)c2)C1. The summed E-state index contributed by atoms with van der Waals surface area (Å²) >= 11 is 0. The fourth-order valence-corrected chi connectivity index (χ4v) is 3.62. The van der Waals surface area contributed by atoms with Gasteiger partial charge in [0.1, 0.15) is 5.82 Å². The number of hydrogen-bond acceptors (Lipinski definition) is 4. The number of nitrogens with two attached hydrogens (primary N) is 1. The van der Waals surface area contributed by atoms with Crippen LogP contribution in [-0.4, -0.2) is 27.2 Å². The smallest absolute Gasteiger partial charge is 0.240 e. The zero-order valence-electron chi connectivity index (χ0n) is 11.5. The van der Waals surface area contributed by atoms with Crippen LogP contribution in [-0.2, 0) is 14.8 Å². The monoisotopic (exact) mass is 302 g/mol. The maximum atomic E-state index is 13.4. The van der Waals surface area contributed by atoms with E-state index in [9.17, 15) is 12.8 Å². The lowest BCUT2D eigenvalue weighted by Gasteiger charge is -2.35. The van der Waals surface area contributed by atoms with Crippen molar-refractivity contribution in [3.05, 3.63) is 23.5 Å². The van der Waals surface area contributed by atoms with Gasteiger partial charge in [0.25, 0.3) is 0 Å². The first-order valence-electron chi connectivity index (χ1n) is 6.53. The first kappa shape index (κ1) is 15.2. The van der Waals surface area contributed by atoms with E-state index in [4.69, 9.17) is 10.5 Å². The molecule has 112 valence electrons. The molecule has 0 saturated heterocycles. The lowest BCUT2D eigenvalue weighted by molar-refractivity contribution is -0.00475. The quantitative estimate of drug-likeness (QED) is 0.809. The van der Waals surface area contributed by atoms with E-state index in [0.717, 1.165) is 6.07 Å². The van der Waals surface area contributed by atoms with Gasteiger partial charge in [-0.1, -0.05) is 0 Å². The van der Waals surface area contributed by atoms with Crippen molar-refractivity contribution in [2.45, 2.75) is 43.7 Å². The van der Waals surface area contributed by atoms with Gasteiger partial charge in [-0.15, -0.1) is 0 Å². The highest BCUT2D eigenvalue weighted by Gasteiger charge is 2.33. The molecule has 1 fully saturated rings. The molecule has 0 aromatic heterocycles. The number of ether oxygens (including phenoxy) is 1. The Morgan fingerprint density at radius 3 is 2.65 bits per heavy atom. The summed E-state index contributed by atoms with van der Waals surface area (Å²) < 4.78 is 45.8. The van der Waals surface area contributed by atoms with Gasteiger partial charge in [-0.05, 0) is 44.4 Å². The number of nitrogen functional groups attached to an aromatic ring is 1. The molecule has 0 aliphatic heterocycles. The molecule has 7 heteroatoms. The predicted octanol–water partition coefficient (Wildman–Crippen LogP) is 1.56. The number of nitrogens with one attached hydrogen (secondary N) is 1. The molecule has 0 amide bonds. The molecule has 1 aromatic rings. The van der Waals surface area contributed by atoms with Gasteiger partial charge in [0.05, 0.1) is 16.7 Å². The second kappa shape index (κ2) is 5.67. The molecule has 1 aromatic carbocycles. The first-order chi connectivity index (χ1) is 9.33. The summed E-state index contributed by atoms with van der Waals surface area (Å²) in [6, 6.07) is 2.29. The van der Waals surface area contributed by atoms with Crippen LogP contribution in [0.2, 0.25) is 0 Å². The number of anilines is 1. The van der Waals surface area contributed by atoms with E-state index in [1.807, 2.05) is 6.92 Å². The second-order valence-electron chi connectivity index (χ2n) is 5.01. The lowest BCUT2D eigenvalue weighted by Crippen LogP contribution is -2.47. The summed E-state index contributed by atoms with van der Waals surface area (Å²) in [5, 5.41) is 0. The highest BCUT2D eigenvalue weighted by molar-refractivity contribution is 7.89. The highest BCUT2D eigenvalue weighted by atomic mass is 32.2. The van der Waals surface area contributed by atoms with Crippen molar-refractivity contribution in [2.75, 3.05) is 12.3 Å². The van der Waals surface area contributed by atoms with Gasteiger partial charge in [0.15, 0.2) is 0 Å². The van der Waals surface area contributed by atoms with Gasteiger partial charge < -0.3 is 10.5 Å². The molecule has 1 aliphatic carbocycles. The minimum Gasteiger partial charge on any atom is -0.396 e. The van der Waals surface area contributed by atoms with E-state index in [1.165, 1.54) is 13.0 Å². The van der Waals surface area contributed by atoms with Crippen LogP contribution in [0.15, 0.2) is 17.0 Å². The number of rotatable bonds is 5. The van der Waals surface area contributed by atoms with Crippen molar-refractivity contribution in [2.24, 2.45) is 0 Å². The third-order valence-corrected chi connectivity index (χ3v) is 4.89. The number of halogens is 1. The summed E-state index contributed by atoms with van der Waals surface area (Å²) in [5.41, 5.74) is 5.52. The van der Waals surface area contributed by atoms with Crippen LogP contribution in [0.1, 0.15) is 25.3 Å². The maximum Gasteiger partial charge on any atom is 0.240 e. The average molecular weight is 302 g/mol. The molecule has 1 aliphatic rings. The Labute approximate surface area is 118 Å². The Morgan fingerprint density at radius 2 is 2.10 bits per heavy atom. The van der Waals surface area contributed by atoms with E-state index >= 15 is 0 Å². The minimum atomic E-state index is -3.67. The Bertz CT molecular complexity index is 575. The van der Waals surface area contributed by atoms with Crippen LogP contribution in [0, 0.1) is 12.7 Å². The third-order valence-electron chi connectivity index (χ3n) is 3.39. The normalized spacial score (nSPS) is 22.6. The van der Waals surface area contributed by atoms with Crippen molar-refractivity contribution in [3.8, 4) is 0 Å². The molecule has 0 bridgehead atoms. The fraction of sp³-hybridized carbons (Fsp3) is 0.538. The second-order valence-corrected chi connectivity index (χ2v) is 6.72. The summed E-state index contributed by atoms with van der Waals surface area (Å²) in [7, 11) is -3.67. The fourth-order valence-electron chi connectivity index (χ4n) is 2.24. The van der Waals surface area contributed by atoms with E-state index in [1.54, 1.807) is 0 Å². The molecule has 20 heavy (non-hydrogen) atoms. The van der Waals surface area contributed by atoms with Crippen LogP contribution >= 0.6 is 0 Å². The number of benzene rings is 1. The van der Waals surface area contributed by atoms with Crippen molar-refractivity contribution < 1.29 is 17.5 Å². The summed E-state index contributed by atoms with van der Waals surface area (Å²) in [5.74, 6) is -0.580. The van der Waals surface area contributed by atoms with Gasteiger partial charge in [0.2, 0.25) is 10.0 Å². The van der Waals surface area contributed by atoms with E-state index < -0.39 is 15.8 Å². The van der Waals surface area contributed by atoms with Gasteiger partial charge in [-0.25, -0.2) is 17.5 Å². The highest BCUT2D eigenvalue weighted by Crippen LogP contribution is 2.26. The molecule has 5 nitrogen and oxygen atoms in total. The minimum absolute atomic E-state index is 0.00578. The van der Waals surface area contributed by atoms with Crippen molar-refractivity contribution >= 4 is 15.7 Å². The van der Waals surface area contributed by atoms with Crippen molar-refractivity contribution in [1.29, 1.82) is 0 Å². The molecule has 0 atom stereocenters. The van der Waals surface area contributed by atoms with Gasteiger partial charge in [0, 0.05) is 12.6 Å². The average Bonchev–Trinajstić information content (AvgIpc) is 2.32. The molecular weight excluding hydrogens is 283 g/mol. The zero-order chi connectivity index (χ0) is 14.9. The summed E-state index contributed by atoms with van der Waals surface area (Å²) in [4.78, 5) is -0.00578. The molecule has 1 saturated carbocycles. The van der Waals surface area contributed by atoms with Crippen LogP contribution < -0.4 is 10.5 Å². The largest absolute Gasteiger partial charge is 0.396 e. The molecule has 2 rings (SSSR count). The Hall–Kier alpha value is -1.18. The zero-order valence-corrected chi connectivity index (χ0v) is 12.3. The van der Waals surface area contributed by atoms with Crippen LogP contribution in [0.4, 0.5) is 10.1 Å². The standard InChI is InChI=1S/C13H19FN2O3S/c1-3-19-10-5-9(6-10)16-20(17,18)11-4-8(2)13(14)12(15)7-11/h4,7,9-10,16H,3,5-6,15H2,1-2H3. The Balaban J connectivity index is 2.08. The van der Waals surface area contributed by atoms with Crippen molar-refractivity contribution in [1.82, 2.24) is 4.72 Å². The van der Waals surface area contributed by atoms with E-state index in [-0.39, 0.29) is 28.3 Å². The van der Waals surface area contributed by atoms with Crippen molar-refractivity contribution in [3.63, 3.8) is 0 Å². The number of aryl methyl sites for hydroxylation is 1. The molecule has 0 spiro atoms. The third kappa shape index (κ3) is 3.11. The van der Waals surface area contributed by atoms with Crippen LogP contribution in [0.3, 0.4) is 0 Å². The van der Waals surface area contributed by atoms with Gasteiger partial charge >= 0.3 is 0 Å². The predicted molar refractivity (Wildman–Crippen MR) is 74.3 cm³/mol. The lowest BCUT2D eigenvalue weighted by atomic mass is 9.90. The number of sulfonamides is 1. The first-order valence-corrected chi connectivity index (χ1v) is 8.01. The maximum absolute atomic E-state index is 13.4. The molecule has 3 N–H and O–H groups in total. The van der Waals surface area contributed by atoms with Crippen LogP contribution in [0.5, 0.6) is 0 Å².